The number of Topliss-reactive ketones (excluding diaryl/α,β-unsaturated/α-hetero) is 2. The first kappa shape index (κ1) is 20.5. The minimum Gasteiger partial charge on any atom is -0.386 e. The van der Waals surface area contributed by atoms with E-state index in [0.29, 0.717) is 11.1 Å². The van der Waals surface area contributed by atoms with E-state index in [4.69, 9.17) is 18.0 Å². The van der Waals surface area contributed by atoms with Crippen LogP contribution in [0.2, 0.25) is 0 Å². The zero-order valence-corrected chi connectivity index (χ0v) is 17.0. The van der Waals surface area contributed by atoms with Crippen molar-refractivity contribution in [2.24, 2.45) is 22.6 Å². The molecule has 7 heteroatoms. The monoisotopic (exact) mass is 407 g/mol. The Labute approximate surface area is 174 Å². The highest BCUT2D eigenvalue weighted by molar-refractivity contribution is 7.80. The number of rotatable bonds is 6. The Hall–Kier alpha value is -3.19. The maximum Gasteiger partial charge on any atom is 0.237 e. The van der Waals surface area contributed by atoms with Crippen LogP contribution in [0.25, 0.3) is 0 Å². The second-order valence-electron chi connectivity index (χ2n) is 7.14. The van der Waals surface area contributed by atoms with Crippen molar-refractivity contribution >= 4 is 40.6 Å². The number of nitrogens with two attached hydrogens (primary N) is 1. The fourth-order valence-electron chi connectivity index (χ4n) is 3.27. The molecule has 2 atom stereocenters. The van der Waals surface area contributed by atoms with Crippen LogP contribution >= 0.6 is 12.2 Å². The van der Waals surface area contributed by atoms with Crippen molar-refractivity contribution in [2.45, 2.75) is 20.3 Å². The normalized spacial score (nSPS) is 17.3. The van der Waals surface area contributed by atoms with Crippen LogP contribution in [-0.4, -0.2) is 28.4 Å². The molecule has 148 valence electrons. The third kappa shape index (κ3) is 4.63. The third-order valence-electron chi connectivity index (χ3n) is 4.92. The number of aliphatic imine (C=N–C) groups is 1. The van der Waals surface area contributed by atoms with Crippen LogP contribution in [0.4, 0.5) is 0 Å². The van der Waals surface area contributed by atoms with E-state index in [1.165, 1.54) is 0 Å². The number of amidine groups is 1. The topological polar surface area (TPSA) is 102 Å². The van der Waals surface area contributed by atoms with Gasteiger partial charge in [-0.3, -0.25) is 14.4 Å². The number of ketones is 2. The van der Waals surface area contributed by atoms with Crippen LogP contribution in [0.3, 0.4) is 0 Å². The Morgan fingerprint density at radius 2 is 1.55 bits per heavy atom. The largest absolute Gasteiger partial charge is 0.386 e. The van der Waals surface area contributed by atoms with Gasteiger partial charge in [-0.1, -0.05) is 59.7 Å². The van der Waals surface area contributed by atoms with Crippen molar-refractivity contribution < 1.29 is 14.4 Å². The molecular weight excluding hydrogens is 386 g/mol. The minimum absolute atomic E-state index is 0.0462. The summed E-state index contributed by atoms with van der Waals surface area (Å²) in [6.45, 7) is 3.83. The lowest BCUT2D eigenvalue weighted by Gasteiger charge is -2.27. The van der Waals surface area contributed by atoms with Crippen molar-refractivity contribution in [1.29, 1.82) is 0 Å². The number of thiocarbonyl (C=S) groups is 1. The number of benzene rings is 2. The summed E-state index contributed by atoms with van der Waals surface area (Å²) in [4.78, 5) is 42.7. The quantitative estimate of drug-likeness (QED) is 0.566. The maximum absolute atomic E-state index is 13.3. The number of nitrogens with one attached hydrogen (secondary N) is 1. The van der Waals surface area contributed by atoms with Gasteiger partial charge >= 0.3 is 0 Å². The first-order chi connectivity index (χ1) is 13.8. The Bertz CT molecular complexity index is 1010. The lowest BCUT2D eigenvalue weighted by molar-refractivity contribution is -0.122. The second-order valence-corrected chi connectivity index (χ2v) is 7.53. The van der Waals surface area contributed by atoms with Gasteiger partial charge in [-0.05, 0) is 26.1 Å². The molecule has 1 heterocycles. The fraction of sp³-hybridized carbons (Fsp3) is 0.227. The summed E-state index contributed by atoms with van der Waals surface area (Å²) >= 11 is 4.90. The van der Waals surface area contributed by atoms with Gasteiger partial charge in [0, 0.05) is 23.5 Å². The summed E-state index contributed by atoms with van der Waals surface area (Å²) in [6.07, 6.45) is -0.170. The molecule has 29 heavy (non-hydrogen) atoms. The van der Waals surface area contributed by atoms with Gasteiger partial charge in [0.1, 0.15) is 11.8 Å². The molecule has 0 saturated carbocycles. The highest BCUT2D eigenvalue weighted by Gasteiger charge is 2.40. The smallest absolute Gasteiger partial charge is 0.237 e. The molecule has 1 amide bonds. The van der Waals surface area contributed by atoms with E-state index in [0.717, 1.165) is 11.1 Å². The maximum atomic E-state index is 13.3. The Kier molecular flexibility index (Phi) is 5.98. The summed E-state index contributed by atoms with van der Waals surface area (Å²) < 4.78 is 0. The number of hydrogen-bond donors (Lipinski definition) is 2. The van der Waals surface area contributed by atoms with Gasteiger partial charge in [0.25, 0.3) is 0 Å². The molecule has 0 aliphatic carbocycles. The molecule has 2 aromatic carbocycles. The van der Waals surface area contributed by atoms with Gasteiger partial charge in [-0.15, -0.1) is 0 Å². The first-order valence-electron chi connectivity index (χ1n) is 9.16. The molecule has 1 aliphatic rings. The lowest BCUT2D eigenvalue weighted by atomic mass is 9.79. The molecule has 0 spiro atoms. The van der Waals surface area contributed by atoms with Crippen LogP contribution in [-0.2, 0) is 4.79 Å². The van der Waals surface area contributed by atoms with E-state index in [2.05, 4.69) is 10.3 Å². The van der Waals surface area contributed by atoms with Crippen LogP contribution < -0.4 is 11.1 Å². The van der Waals surface area contributed by atoms with Gasteiger partial charge in [0.15, 0.2) is 11.6 Å². The molecule has 0 saturated heterocycles. The number of carbonyl (C=O) groups excluding carboxylic acids is 3. The predicted molar refractivity (Wildman–Crippen MR) is 115 cm³/mol. The predicted octanol–water partition coefficient (Wildman–Crippen LogP) is 2.76. The molecule has 6 nitrogen and oxygen atoms in total. The van der Waals surface area contributed by atoms with E-state index in [1.54, 1.807) is 36.4 Å². The zero-order chi connectivity index (χ0) is 21.1. The van der Waals surface area contributed by atoms with Crippen LogP contribution in [0.15, 0.2) is 53.5 Å². The standard InChI is InChI=1S/C22H21N3O3S/c1-12-3-7-14(8-4-12)17(26)11-16(18-20(23)24-22(29)25-21(18)28)19(27)15-9-5-13(2)6-10-15/h3-10,16,18H,11H2,1-2H3,(H3,23,24,25,28,29). The van der Waals surface area contributed by atoms with E-state index in [9.17, 15) is 14.4 Å². The summed E-state index contributed by atoms with van der Waals surface area (Å²) in [5.74, 6) is -3.21. The summed E-state index contributed by atoms with van der Waals surface area (Å²) in [6, 6.07) is 14.0. The van der Waals surface area contributed by atoms with Crippen molar-refractivity contribution in [2.75, 3.05) is 0 Å². The summed E-state index contributed by atoms with van der Waals surface area (Å²) in [5.41, 5.74) is 8.87. The number of amides is 1. The number of carbonyl (C=O) groups is 3. The SMILES string of the molecule is Cc1ccc(C(=O)CC(C(=O)c2ccc(C)cc2)C2C(=O)NC(=S)N=C2N)cc1. The average Bonchev–Trinajstić information content (AvgIpc) is 2.67. The van der Waals surface area contributed by atoms with E-state index in [1.807, 2.05) is 26.0 Å². The zero-order valence-electron chi connectivity index (χ0n) is 16.1. The average molecular weight is 407 g/mol. The molecule has 1 aliphatic heterocycles. The van der Waals surface area contributed by atoms with Gasteiger partial charge < -0.3 is 11.1 Å². The summed E-state index contributed by atoms with van der Waals surface area (Å²) in [7, 11) is 0. The van der Waals surface area contributed by atoms with Crippen molar-refractivity contribution in [1.82, 2.24) is 5.32 Å². The van der Waals surface area contributed by atoms with E-state index in [-0.39, 0.29) is 28.9 Å². The molecule has 2 unspecified atom stereocenters. The highest BCUT2D eigenvalue weighted by Crippen LogP contribution is 2.26. The first-order valence-corrected chi connectivity index (χ1v) is 9.56. The Balaban J connectivity index is 1.97. The van der Waals surface area contributed by atoms with Gasteiger partial charge in [0.2, 0.25) is 11.0 Å². The fourth-order valence-corrected chi connectivity index (χ4v) is 3.48. The molecule has 3 N–H and O–H groups in total. The van der Waals surface area contributed by atoms with Crippen LogP contribution in [0.1, 0.15) is 38.3 Å². The van der Waals surface area contributed by atoms with E-state index < -0.39 is 17.7 Å². The molecular formula is C22H21N3O3S. The molecule has 0 fully saturated rings. The highest BCUT2D eigenvalue weighted by atomic mass is 32.1. The third-order valence-corrected chi connectivity index (χ3v) is 5.11. The lowest BCUT2D eigenvalue weighted by Crippen LogP contribution is -2.51. The number of nitrogens with zero attached hydrogens (tertiary/aromatic N) is 1. The van der Waals surface area contributed by atoms with Crippen LogP contribution in [0.5, 0.6) is 0 Å². The number of hydrogen-bond acceptors (Lipinski definition) is 5. The van der Waals surface area contributed by atoms with Crippen molar-refractivity contribution in [3.8, 4) is 0 Å². The van der Waals surface area contributed by atoms with Crippen molar-refractivity contribution in [3.63, 3.8) is 0 Å². The van der Waals surface area contributed by atoms with Crippen molar-refractivity contribution in [3.05, 3.63) is 70.8 Å². The summed E-state index contributed by atoms with van der Waals surface area (Å²) in [5, 5.41) is 2.39. The van der Waals surface area contributed by atoms with Crippen LogP contribution in [0, 0.1) is 25.7 Å². The molecule has 3 rings (SSSR count). The molecule has 0 bridgehead atoms. The molecule has 2 aromatic rings. The molecule has 0 radical (unpaired) electrons. The number of aryl methyl sites for hydroxylation is 2. The Morgan fingerprint density at radius 3 is 2.07 bits per heavy atom. The second kappa shape index (κ2) is 8.45. The minimum atomic E-state index is -1.06. The Morgan fingerprint density at radius 1 is 1.03 bits per heavy atom. The van der Waals surface area contributed by atoms with Gasteiger partial charge in [0.05, 0.1) is 0 Å². The van der Waals surface area contributed by atoms with Gasteiger partial charge in [-0.25, -0.2) is 4.99 Å². The molecule has 0 aromatic heterocycles. The van der Waals surface area contributed by atoms with Gasteiger partial charge in [-0.2, -0.15) is 0 Å². The van der Waals surface area contributed by atoms with E-state index >= 15 is 0 Å².